The number of aryl methyl sites for hydroxylation is 3. The molecule has 35 heavy (non-hydrogen) atoms. The van der Waals surface area contributed by atoms with Gasteiger partial charge in [-0.2, -0.15) is 0 Å². The maximum atomic E-state index is 12.8. The third-order valence-electron chi connectivity index (χ3n) is 6.90. The summed E-state index contributed by atoms with van der Waals surface area (Å²) in [6, 6.07) is 19.9. The highest BCUT2D eigenvalue weighted by molar-refractivity contribution is 6.03. The van der Waals surface area contributed by atoms with Crippen molar-refractivity contribution in [1.82, 2.24) is 4.57 Å². The first-order valence-corrected chi connectivity index (χ1v) is 12.5. The zero-order valence-electron chi connectivity index (χ0n) is 20.4. The van der Waals surface area contributed by atoms with E-state index in [9.17, 15) is 14.7 Å². The van der Waals surface area contributed by atoms with Gasteiger partial charge in [-0.15, -0.1) is 0 Å². The second-order valence-corrected chi connectivity index (χ2v) is 9.38. The Bertz CT molecular complexity index is 1160. The molecule has 0 saturated heterocycles. The van der Waals surface area contributed by atoms with Crippen LogP contribution in [0.1, 0.15) is 66.2 Å². The number of ether oxygens (including phenoxy) is 1. The number of amides is 1. The van der Waals surface area contributed by atoms with E-state index in [1.165, 1.54) is 11.1 Å². The molecule has 1 amide bonds. The van der Waals surface area contributed by atoms with E-state index < -0.39 is 11.6 Å². The van der Waals surface area contributed by atoms with Crippen molar-refractivity contribution in [2.24, 2.45) is 0 Å². The molecule has 0 aliphatic heterocycles. The number of hydrogen-bond acceptors (Lipinski definition) is 2. The van der Waals surface area contributed by atoms with Gasteiger partial charge < -0.3 is 19.7 Å². The highest BCUT2D eigenvalue weighted by Crippen LogP contribution is 2.32. The van der Waals surface area contributed by atoms with Gasteiger partial charge in [-0.1, -0.05) is 37.3 Å². The molecule has 0 unspecified atom stereocenters. The van der Waals surface area contributed by atoms with E-state index in [0.29, 0.717) is 25.1 Å². The first-order valence-electron chi connectivity index (χ1n) is 12.5. The minimum Gasteiger partial charge on any atom is -0.475 e. The predicted octanol–water partition coefficient (Wildman–Crippen LogP) is 5.36. The first kappa shape index (κ1) is 24.7. The number of carbonyl (C=O) groups is 2. The average Bonchev–Trinajstić information content (AvgIpc) is 3.54. The van der Waals surface area contributed by atoms with Crippen molar-refractivity contribution in [3.05, 3.63) is 89.2 Å². The lowest BCUT2D eigenvalue weighted by molar-refractivity contribution is -0.214. The highest BCUT2D eigenvalue weighted by Gasteiger charge is 2.47. The number of carboxylic acid groups (broad SMARTS) is 1. The lowest BCUT2D eigenvalue weighted by Crippen LogP contribution is -2.41. The molecule has 1 aromatic heterocycles. The van der Waals surface area contributed by atoms with Crippen molar-refractivity contribution in [3.63, 3.8) is 0 Å². The molecule has 0 spiro atoms. The monoisotopic (exact) mass is 475 g/mol. The third kappa shape index (κ3) is 6.20. The SMILES string of the molecule is CCc1cccc(NC(=O)c2cccn2CCCc2cccc(C[OH+]C3(C(=O)O)CCCC3)c2)c1. The molecular formula is C29H35N2O4+. The molecule has 0 bridgehead atoms. The topological polar surface area (TPSA) is 84.1 Å². The minimum absolute atomic E-state index is 0.105. The van der Waals surface area contributed by atoms with Crippen molar-refractivity contribution in [2.75, 3.05) is 5.32 Å². The third-order valence-corrected chi connectivity index (χ3v) is 6.90. The van der Waals surface area contributed by atoms with Crippen LogP contribution in [0.25, 0.3) is 0 Å². The van der Waals surface area contributed by atoms with Crippen molar-refractivity contribution in [3.8, 4) is 0 Å². The summed E-state index contributed by atoms with van der Waals surface area (Å²) in [6.07, 6.45) is 7.77. The van der Waals surface area contributed by atoms with E-state index in [1.54, 1.807) is 0 Å². The van der Waals surface area contributed by atoms with Gasteiger partial charge in [0.2, 0.25) is 0 Å². The number of aliphatic carboxylic acids is 1. The average molecular weight is 476 g/mol. The molecule has 0 atom stereocenters. The quantitative estimate of drug-likeness (QED) is 0.366. The van der Waals surface area contributed by atoms with Crippen molar-refractivity contribution in [2.45, 2.75) is 70.6 Å². The fourth-order valence-corrected chi connectivity index (χ4v) is 4.86. The summed E-state index contributed by atoms with van der Waals surface area (Å²) in [6.45, 7) is 3.27. The van der Waals surface area contributed by atoms with Crippen LogP contribution in [-0.2, 0) is 30.8 Å². The number of aliphatic hydroxyl groups is 2. The Morgan fingerprint density at radius 3 is 2.51 bits per heavy atom. The number of carboxylic acids is 1. The van der Waals surface area contributed by atoms with Gasteiger partial charge in [-0.25, -0.2) is 4.79 Å². The minimum atomic E-state index is -0.904. The van der Waals surface area contributed by atoms with Gasteiger partial charge in [0.1, 0.15) is 5.69 Å². The summed E-state index contributed by atoms with van der Waals surface area (Å²) < 4.78 is 6.61. The molecule has 1 aliphatic carbocycles. The summed E-state index contributed by atoms with van der Waals surface area (Å²) in [4.78, 5) is 24.6. The van der Waals surface area contributed by atoms with Gasteiger partial charge >= 0.3 is 5.97 Å². The molecule has 1 aliphatic rings. The second-order valence-electron chi connectivity index (χ2n) is 9.38. The predicted molar refractivity (Wildman–Crippen MR) is 138 cm³/mol. The van der Waals surface area contributed by atoms with Crippen LogP contribution in [-0.4, -0.2) is 31.9 Å². The zero-order chi connectivity index (χ0) is 24.7. The number of nitrogens with zero attached hydrogens (tertiary/aromatic N) is 1. The Hall–Kier alpha value is -3.38. The summed E-state index contributed by atoms with van der Waals surface area (Å²) in [5.74, 6) is -0.901. The molecule has 4 rings (SSSR count). The van der Waals surface area contributed by atoms with Gasteiger partial charge in [0.25, 0.3) is 11.5 Å². The number of benzene rings is 2. The van der Waals surface area contributed by atoms with Crippen molar-refractivity contribution < 1.29 is 19.4 Å². The summed E-state index contributed by atoms with van der Waals surface area (Å²) >= 11 is 0. The number of anilines is 1. The van der Waals surface area contributed by atoms with E-state index in [4.69, 9.17) is 0 Å². The molecule has 2 aromatic carbocycles. The van der Waals surface area contributed by atoms with Crippen LogP contribution in [0.3, 0.4) is 0 Å². The van der Waals surface area contributed by atoms with Crippen LogP contribution in [0.4, 0.5) is 5.69 Å². The van der Waals surface area contributed by atoms with Gasteiger partial charge in [0.15, 0.2) is 6.61 Å². The molecule has 1 saturated carbocycles. The molecule has 6 heteroatoms. The fourth-order valence-electron chi connectivity index (χ4n) is 4.86. The number of hydrogen-bond donors (Lipinski definition) is 2. The van der Waals surface area contributed by atoms with Gasteiger partial charge in [0.05, 0.1) is 0 Å². The Kier molecular flexibility index (Phi) is 8.03. The van der Waals surface area contributed by atoms with E-state index in [-0.39, 0.29) is 5.91 Å². The molecule has 184 valence electrons. The maximum Gasteiger partial charge on any atom is 0.387 e. The van der Waals surface area contributed by atoms with Gasteiger partial charge in [0, 0.05) is 36.8 Å². The highest BCUT2D eigenvalue weighted by atomic mass is 16.5. The summed E-state index contributed by atoms with van der Waals surface area (Å²) in [5, 5.41) is 12.7. The molecule has 3 N–H and O–H groups in total. The van der Waals surface area contributed by atoms with Crippen LogP contribution in [0.15, 0.2) is 66.9 Å². The van der Waals surface area contributed by atoms with E-state index >= 15 is 0 Å². The van der Waals surface area contributed by atoms with Crippen LogP contribution >= 0.6 is 0 Å². The van der Waals surface area contributed by atoms with Crippen LogP contribution in [0, 0.1) is 0 Å². The normalized spacial score (nSPS) is 14.7. The molecule has 3 aromatic rings. The molecule has 1 fully saturated rings. The fraction of sp³-hybridized carbons (Fsp3) is 0.379. The lowest BCUT2D eigenvalue weighted by Gasteiger charge is -2.20. The summed E-state index contributed by atoms with van der Waals surface area (Å²) in [7, 11) is 0. The molecule has 1 heterocycles. The largest absolute Gasteiger partial charge is 0.475 e. The van der Waals surface area contributed by atoms with E-state index in [0.717, 1.165) is 49.9 Å². The maximum absolute atomic E-state index is 12.8. The Labute approximate surface area is 206 Å². The Morgan fingerprint density at radius 2 is 1.74 bits per heavy atom. The van der Waals surface area contributed by atoms with Crippen molar-refractivity contribution in [1.29, 1.82) is 0 Å². The van der Waals surface area contributed by atoms with Crippen LogP contribution in [0.2, 0.25) is 0 Å². The van der Waals surface area contributed by atoms with Gasteiger partial charge in [-0.05, 0) is 73.6 Å². The van der Waals surface area contributed by atoms with E-state index in [2.05, 4.69) is 35.2 Å². The zero-order valence-corrected chi connectivity index (χ0v) is 20.4. The smallest absolute Gasteiger partial charge is 0.387 e. The molecular weight excluding hydrogens is 440 g/mol. The van der Waals surface area contributed by atoms with Crippen molar-refractivity contribution >= 4 is 17.6 Å². The molecule has 0 radical (unpaired) electrons. The van der Waals surface area contributed by atoms with Crippen LogP contribution < -0.4 is 5.32 Å². The lowest BCUT2D eigenvalue weighted by atomic mass is 10.0. The van der Waals surface area contributed by atoms with Gasteiger partial charge in [-0.3, -0.25) is 4.79 Å². The number of nitrogens with one attached hydrogen (secondary N) is 1. The molecule has 6 nitrogen and oxygen atoms in total. The number of carbonyl (C=O) groups excluding carboxylic acids is 1. The van der Waals surface area contributed by atoms with E-state index in [1.807, 2.05) is 53.2 Å². The number of rotatable bonds is 11. The van der Waals surface area contributed by atoms with Crippen LogP contribution in [0.5, 0.6) is 0 Å². The first-order chi connectivity index (χ1) is 17.0. The standard InChI is InChI=1S/C29H34N2O4/c1-2-22-9-6-13-25(20-22)30-27(32)26-14-8-18-31(26)17-7-12-23-10-5-11-24(19-23)21-35-29(28(33)34)15-3-4-16-29/h5-6,8-11,13-14,18-20H,2-4,7,12,15-17,21H2,1H3,(H,30,32)(H,33,34)/p+1. The number of aromatic nitrogens is 1. The Balaban J connectivity index is 1.31. The second kappa shape index (κ2) is 11.4. The Morgan fingerprint density at radius 1 is 1.00 bits per heavy atom. The summed E-state index contributed by atoms with van der Waals surface area (Å²) in [5.41, 5.74) is 3.99.